The molecule has 3 aromatic heterocycles. The summed E-state index contributed by atoms with van der Waals surface area (Å²) >= 11 is 1.43. The Bertz CT molecular complexity index is 1100. The smallest absolute Gasteiger partial charge is 0.340 e. The van der Waals surface area contributed by atoms with Crippen LogP contribution in [0.15, 0.2) is 87.6 Å². The first-order chi connectivity index (χ1) is 14.8. The number of rotatable bonds is 8. The summed E-state index contributed by atoms with van der Waals surface area (Å²) in [4.78, 5) is 26.2. The molecule has 4 aromatic rings. The predicted molar refractivity (Wildman–Crippen MR) is 111 cm³/mol. The van der Waals surface area contributed by atoms with Crippen LogP contribution >= 0.6 is 11.8 Å². The fourth-order valence-electron chi connectivity index (χ4n) is 2.66. The van der Waals surface area contributed by atoms with E-state index in [1.54, 1.807) is 30.7 Å². The third-order valence-corrected chi connectivity index (χ3v) is 5.13. The Morgan fingerprint density at radius 1 is 1.03 bits per heavy atom. The van der Waals surface area contributed by atoms with E-state index in [9.17, 15) is 4.79 Å². The van der Waals surface area contributed by atoms with Gasteiger partial charge >= 0.3 is 5.97 Å². The predicted octanol–water partition coefficient (Wildman–Crippen LogP) is 4.47. The minimum atomic E-state index is -0.400. The van der Waals surface area contributed by atoms with Crippen LogP contribution in [-0.2, 0) is 11.2 Å². The molecular weight excluding hydrogens is 400 g/mol. The fourth-order valence-corrected chi connectivity index (χ4v) is 3.55. The van der Waals surface area contributed by atoms with Gasteiger partial charge in [-0.2, -0.15) is 4.98 Å². The third kappa shape index (κ3) is 5.09. The van der Waals surface area contributed by atoms with Crippen LogP contribution in [0, 0.1) is 0 Å². The van der Waals surface area contributed by atoms with Gasteiger partial charge in [0.1, 0.15) is 5.03 Å². The number of carbonyl (C=O) groups is 1. The Labute approximate surface area is 177 Å². The maximum atomic E-state index is 12.5. The molecule has 3 heterocycles. The number of ether oxygens (including phenoxy) is 1. The van der Waals surface area contributed by atoms with E-state index in [1.165, 1.54) is 11.8 Å². The largest absolute Gasteiger partial charge is 0.462 e. The second kappa shape index (κ2) is 9.80. The summed E-state index contributed by atoms with van der Waals surface area (Å²) in [5.74, 6) is 0.586. The second-order valence-electron chi connectivity index (χ2n) is 6.26. The summed E-state index contributed by atoms with van der Waals surface area (Å²) in [5, 5.41) is 4.57. The molecule has 0 aliphatic rings. The summed E-state index contributed by atoms with van der Waals surface area (Å²) in [6.45, 7) is 0.244. The van der Waals surface area contributed by atoms with Crippen molar-refractivity contribution in [3.05, 3.63) is 84.6 Å². The summed E-state index contributed by atoms with van der Waals surface area (Å²) in [7, 11) is 0. The molecule has 0 aliphatic heterocycles. The van der Waals surface area contributed by atoms with E-state index in [0.717, 1.165) is 10.5 Å². The number of aromatic nitrogens is 4. The molecule has 0 amide bonds. The van der Waals surface area contributed by atoms with Gasteiger partial charge in [-0.25, -0.2) is 9.78 Å². The van der Waals surface area contributed by atoms with E-state index in [4.69, 9.17) is 9.26 Å². The van der Waals surface area contributed by atoms with E-state index in [1.807, 2.05) is 42.5 Å². The van der Waals surface area contributed by atoms with E-state index < -0.39 is 5.97 Å². The highest BCUT2D eigenvalue weighted by molar-refractivity contribution is 7.99. The molecule has 0 bridgehead atoms. The molecule has 30 heavy (non-hydrogen) atoms. The number of esters is 1. The summed E-state index contributed by atoms with van der Waals surface area (Å²) in [6, 6.07) is 16.9. The zero-order chi connectivity index (χ0) is 20.6. The lowest BCUT2D eigenvalue weighted by Crippen LogP contribution is -2.09. The van der Waals surface area contributed by atoms with Gasteiger partial charge < -0.3 is 9.26 Å². The standard InChI is InChI=1S/C22H18N4O3S/c27-22(18-10-5-13-24-21(18)30-17-8-2-1-3-9-17)28-14-6-11-19-25-20(26-29-19)16-7-4-12-23-15-16/h1-5,7-10,12-13,15H,6,11,14H2. The number of carbonyl (C=O) groups excluding carboxylic acids is 1. The van der Waals surface area contributed by atoms with Crippen molar-refractivity contribution >= 4 is 17.7 Å². The molecule has 0 fully saturated rings. The van der Waals surface area contributed by atoms with Gasteiger partial charge in [0, 0.05) is 35.5 Å². The lowest BCUT2D eigenvalue weighted by Gasteiger charge is -2.08. The molecule has 0 saturated heterocycles. The highest BCUT2D eigenvalue weighted by atomic mass is 32.2. The molecule has 8 heteroatoms. The van der Waals surface area contributed by atoms with Gasteiger partial charge in [-0.3, -0.25) is 4.98 Å². The van der Waals surface area contributed by atoms with Crippen molar-refractivity contribution in [3.8, 4) is 11.4 Å². The van der Waals surface area contributed by atoms with E-state index >= 15 is 0 Å². The van der Waals surface area contributed by atoms with Gasteiger partial charge in [0.15, 0.2) is 0 Å². The Balaban J connectivity index is 1.30. The molecule has 1 aromatic carbocycles. The first-order valence-electron chi connectivity index (χ1n) is 9.37. The zero-order valence-electron chi connectivity index (χ0n) is 16.0. The second-order valence-corrected chi connectivity index (χ2v) is 7.33. The van der Waals surface area contributed by atoms with E-state index in [2.05, 4.69) is 20.1 Å². The molecule has 150 valence electrons. The van der Waals surface area contributed by atoms with Crippen molar-refractivity contribution < 1.29 is 14.1 Å². The summed E-state index contributed by atoms with van der Waals surface area (Å²) < 4.78 is 10.7. The Hall–Kier alpha value is -3.52. The molecule has 0 atom stereocenters. The number of hydrogen-bond acceptors (Lipinski definition) is 8. The van der Waals surface area contributed by atoms with Crippen molar-refractivity contribution in [3.63, 3.8) is 0 Å². The lowest BCUT2D eigenvalue weighted by molar-refractivity contribution is 0.0493. The number of benzene rings is 1. The third-order valence-electron chi connectivity index (χ3n) is 4.10. The van der Waals surface area contributed by atoms with E-state index in [0.29, 0.717) is 35.1 Å². The normalized spacial score (nSPS) is 10.7. The van der Waals surface area contributed by atoms with Crippen LogP contribution in [0.2, 0.25) is 0 Å². The monoisotopic (exact) mass is 418 g/mol. The van der Waals surface area contributed by atoms with Gasteiger partial charge in [0.25, 0.3) is 0 Å². The van der Waals surface area contributed by atoms with Crippen molar-refractivity contribution in [1.29, 1.82) is 0 Å². The van der Waals surface area contributed by atoms with Crippen LogP contribution in [0.1, 0.15) is 22.7 Å². The first kappa shape index (κ1) is 19.8. The van der Waals surface area contributed by atoms with Gasteiger partial charge in [-0.05, 0) is 42.8 Å². The molecule has 0 N–H and O–H groups in total. The van der Waals surface area contributed by atoms with Gasteiger partial charge in [0.05, 0.1) is 12.2 Å². The van der Waals surface area contributed by atoms with Crippen molar-refractivity contribution in [2.75, 3.05) is 6.61 Å². The van der Waals surface area contributed by atoms with Crippen molar-refractivity contribution in [1.82, 2.24) is 20.1 Å². The van der Waals surface area contributed by atoms with Crippen LogP contribution in [0.25, 0.3) is 11.4 Å². The molecular formula is C22H18N4O3S. The maximum absolute atomic E-state index is 12.5. The number of nitrogens with zero attached hydrogens (tertiary/aromatic N) is 4. The molecule has 0 radical (unpaired) electrons. The average Bonchev–Trinajstić information content (AvgIpc) is 3.27. The molecule has 0 unspecified atom stereocenters. The minimum absolute atomic E-state index is 0.244. The number of pyridine rings is 2. The van der Waals surface area contributed by atoms with Crippen molar-refractivity contribution in [2.45, 2.75) is 22.8 Å². The molecule has 4 rings (SSSR count). The SMILES string of the molecule is O=C(OCCCc1nc(-c2cccnc2)no1)c1cccnc1Sc1ccccc1. The van der Waals surface area contributed by atoms with Crippen LogP contribution < -0.4 is 0 Å². The van der Waals surface area contributed by atoms with Gasteiger partial charge in [-0.1, -0.05) is 35.1 Å². The summed E-state index contributed by atoms with van der Waals surface area (Å²) in [5.41, 5.74) is 1.24. The highest BCUT2D eigenvalue weighted by Crippen LogP contribution is 2.28. The first-order valence-corrected chi connectivity index (χ1v) is 10.2. The van der Waals surface area contributed by atoms with Crippen LogP contribution in [-0.4, -0.2) is 32.7 Å². The number of hydrogen-bond donors (Lipinski definition) is 0. The molecule has 0 spiro atoms. The Morgan fingerprint density at radius 3 is 2.73 bits per heavy atom. The van der Waals surface area contributed by atoms with Crippen LogP contribution in [0.4, 0.5) is 0 Å². The topological polar surface area (TPSA) is 91.0 Å². The van der Waals surface area contributed by atoms with E-state index in [-0.39, 0.29) is 6.61 Å². The Morgan fingerprint density at radius 2 is 1.90 bits per heavy atom. The van der Waals surface area contributed by atoms with Gasteiger partial charge in [-0.15, -0.1) is 0 Å². The quantitative estimate of drug-likeness (QED) is 0.306. The Kier molecular flexibility index (Phi) is 6.46. The van der Waals surface area contributed by atoms with Gasteiger partial charge in [0.2, 0.25) is 11.7 Å². The fraction of sp³-hybridized carbons (Fsp3) is 0.136. The van der Waals surface area contributed by atoms with Crippen molar-refractivity contribution in [2.24, 2.45) is 0 Å². The molecule has 0 aliphatic carbocycles. The van der Waals surface area contributed by atoms with Crippen LogP contribution in [0.3, 0.4) is 0 Å². The minimum Gasteiger partial charge on any atom is -0.462 e. The molecule has 0 saturated carbocycles. The maximum Gasteiger partial charge on any atom is 0.340 e. The van der Waals surface area contributed by atoms with Crippen LogP contribution in [0.5, 0.6) is 0 Å². The number of aryl methyl sites for hydroxylation is 1. The summed E-state index contributed by atoms with van der Waals surface area (Å²) in [6.07, 6.45) is 6.11. The average molecular weight is 418 g/mol. The lowest BCUT2D eigenvalue weighted by atomic mass is 10.3. The zero-order valence-corrected chi connectivity index (χ0v) is 16.8. The highest BCUT2D eigenvalue weighted by Gasteiger charge is 2.15. The molecule has 7 nitrogen and oxygen atoms in total.